The molecule has 1 aliphatic rings. The van der Waals surface area contributed by atoms with Crippen molar-refractivity contribution < 1.29 is 9.90 Å². The first-order chi connectivity index (χ1) is 12.6. The smallest absolute Gasteiger partial charge is 0.221 e. The third-order valence-electron chi connectivity index (χ3n) is 4.63. The second-order valence-electron chi connectivity index (χ2n) is 6.81. The minimum Gasteiger partial charge on any atom is -0.507 e. The standard InChI is InChI=1S/C20H26N4O2/c1-14-13-18(24-20(22-14)16-9-5-6-10-17(16)25)21-12-11-19(26)23-15-7-3-2-4-8-15/h5-6,9-10,13,15,25H,2-4,7-8,11-12H2,1H3,(H,23,26)(H,21,22,24). The van der Waals surface area contributed by atoms with Gasteiger partial charge in [-0.3, -0.25) is 4.79 Å². The zero-order valence-corrected chi connectivity index (χ0v) is 15.2. The maximum absolute atomic E-state index is 12.1. The monoisotopic (exact) mass is 354 g/mol. The van der Waals surface area contributed by atoms with E-state index < -0.39 is 0 Å². The van der Waals surface area contributed by atoms with Crippen LogP contribution in [0.2, 0.25) is 0 Å². The SMILES string of the molecule is Cc1cc(NCCC(=O)NC2CCCCC2)nc(-c2ccccc2O)n1. The number of carbonyl (C=O) groups is 1. The van der Waals surface area contributed by atoms with Gasteiger partial charge < -0.3 is 15.7 Å². The molecule has 3 rings (SSSR count). The van der Waals surface area contributed by atoms with Crippen molar-refractivity contribution in [1.82, 2.24) is 15.3 Å². The molecule has 0 bridgehead atoms. The van der Waals surface area contributed by atoms with Crippen molar-refractivity contribution >= 4 is 11.7 Å². The summed E-state index contributed by atoms with van der Waals surface area (Å²) in [5, 5.41) is 16.3. The molecule has 1 heterocycles. The normalized spacial score (nSPS) is 14.8. The number of phenols is 1. The van der Waals surface area contributed by atoms with E-state index in [1.54, 1.807) is 18.2 Å². The highest BCUT2D eigenvalue weighted by Gasteiger charge is 2.15. The van der Waals surface area contributed by atoms with Crippen LogP contribution in [0.3, 0.4) is 0 Å². The summed E-state index contributed by atoms with van der Waals surface area (Å²) in [4.78, 5) is 20.9. The summed E-state index contributed by atoms with van der Waals surface area (Å²) in [7, 11) is 0. The molecule has 6 heteroatoms. The van der Waals surface area contributed by atoms with Crippen LogP contribution in [0.25, 0.3) is 11.4 Å². The largest absolute Gasteiger partial charge is 0.507 e. The second-order valence-corrected chi connectivity index (χ2v) is 6.81. The molecule has 26 heavy (non-hydrogen) atoms. The van der Waals surface area contributed by atoms with Crippen LogP contribution in [0.1, 0.15) is 44.2 Å². The van der Waals surface area contributed by atoms with Crippen LogP contribution in [-0.2, 0) is 4.79 Å². The van der Waals surface area contributed by atoms with Gasteiger partial charge in [0.25, 0.3) is 0 Å². The summed E-state index contributed by atoms with van der Waals surface area (Å²) >= 11 is 0. The Morgan fingerprint density at radius 2 is 1.96 bits per heavy atom. The zero-order chi connectivity index (χ0) is 18.4. The summed E-state index contributed by atoms with van der Waals surface area (Å²) in [6.07, 6.45) is 6.28. The van der Waals surface area contributed by atoms with Crippen molar-refractivity contribution in [1.29, 1.82) is 0 Å². The molecule has 1 saturated carbocycles. The molecule has 0 saturated heterocycles. The molecule has 1 fully saturated rings. The maximum Gasteiger partial charge on any atom is 0.221 e. The number of aryl methyl sites for hydroxylation is 1. The predicted octanol–water partition coefficient (Wildman–Crippen LogP) is 3.41. The number of benzene rings is 1. The van der Waals surface area contributed by atoms with Crippen molar-refractivity contribution in [2.24, 2.45) is 0 Å². The Hall–Kier alpha value is -2.63. The summed E-state index contributed by atoms with van der Waals surface area (Å²) in [5.74, 6) is 1.35. The number of nitrogens with one attached hydrogen (secondary N) is 2. The number of rotatable bonds is 6. The lowest BCUT2D eigenvalue weighted by Crippen LogP contribution is -2.36. The number of aromatic hydroxyl groups is 1. The number of anilines is 1. The van der Waals surface area contributed by atoms with Crippen LogP contribution < -0.4 is 10.6 Å². The van der Waals surface area contributed by atoms with Gasteiger partial charge in [0, 0.05) is 30.8 Å². The van der Waals surface area contributed by atoms with Crippen molar-refractivity contribution in [3.8, 4) is 17.1 Å². The van der Waals surface area contributed by atoms with E-state index in [1.165, 1.54) is 19.3 Å². The number of amides is 1. The lowest BCUT2D eigenvalue weighted by molar-refractivity contribution is -0.121. The lowest BCUT2D eigenvalue weighted by Gasteiger charge is -2.22. The highest BCUT2D eigenvalue weighted by Crippen LogP contribution is 2.26. The molecular formula is C20H26N4O2. The van der Waals surface area contributed by atoms with Gasteiger partial charge in [-0.2, -0.15) is 0 Å². The molecule has 0 radical (unpaired) electrons. The van der Waals surface area contributed by atoms with Crippen molar-refractivity contribution in [2.75, 3.05) is 11.9 Å². The van der Waals surface area contributed by atoms with Crippen LogP contribution in [-0.4, -0.2) is 33.6 Å². The number of hydrogen-bond donors (Lipinski definition) is 3. The fourth-order valence-electron chi connectivity index (χ4n) is 3.29. The molecular weight excluding hydrogens is 328 g/mol. The second kappa shape index (κ2) is 8.65. The van der Waals surface area contributed by atoms with E-state index in [0.717, 1.165) is 18.5 Å². The predicted molar refractivity (Wildman–Crippen MR) is 102 cm³/mol. The van der Waals surface area contributed by atoms with Crippen molar-refractivity contribution in [2.45, 2.75) is 51.5 Å². The van der Waals surface area contributed by atoms with Gasteiger partial charge >= 0.3 is 0 Å². The Labute approximate surface area is 154 Å². The quantitative estimate of drug-likeness (QED) is 0.740. The third-order valence-corrected chi connectivity index (χ3v) is 4.63. The van der Waals surface area contributed by atoms with Gasteiger partial charge in [0.05, 0.1) is 5.56 Å². The molecule has 1 aromatic carbocycles. The summed E-state index contributed by atoms with van der Waals surface area (Å²) in [5.41, 5.74) is 1.39. The molecule has 3 N–H and O–H groups in total. The van der Waals surface area contributed by atoms with E-state index >= 15 is 0 Å². The van der Waals surface area contributed by atoms with Gasteiger partial charge in [-0.1, -0.05) is 31.4 Å². The average molecular weight is 354 g/mol. The molecule has 138 valence electrons. The molecule has 0 atom stereocenters. The topological polar surface area (TPSA) is 87.1 Å². The van der Waals surface area contributed by atoms with Gasteiger partial charge in [0.1, 0.15) is 11.6 Å². The number of nitrogens with zero attached hydrogens (tertiary/aromatic N) is 2. The van der Waals surface area contributed by atoms with E-state index in [2.05, 4.69) is 20.6 Å². The number of carbonyl (C=O) groups excluding carboxylic acids is 1. The van der Waals surface area contributed by atoms with E-state index in [9.17, 15) is 9.90 Å². The van der Waals surface area contributed by atoms with Crippen molar-refractivity contribution in [3.63, 3.8) is 0 Å². The first-order valence-corrected chi connectivity index (χ1v) is 9.29. The first-order valence-electron chi connectivity index (χ1n) is 9.29. The number of phenolic OH excluding ortho intramolecular Hbond substituents is 1. The van der Waals surface area contributed by atoms with E-state index in [0.29, 0.717) is 36.2 Å². The highest BCUT2D eigenvalue weighted by molar-refractivity contribution is 5.76. The first kappa shape index (κ1) is 18.2. The Morgan fingerprint density at radius 1 is 1.19 bits per heavy atom. The van der Waals surface area contributed by atoms with Gasteiger partial charge in [-0.15, -0.1) is 0 Å². The van der Waals surface area contributed by atoms with Crippen molar-refractivity contribution in [3.05, 3.63) is 36.0 Å². The van der Waals surface area contributed by atoms with Crippen LogP contribution in [0.5, 0.6) is 5.75 Å². The Balaban J connectivity index is 1.56. The Kier molecular flexibility index (Phi) is 6.04. The zero-order valence-electron chi connectivity index (χ0n) is 15.2. The van der Waals surface area contributed by atoms with E-state index in [4.69, 9.17) is 0 Å². The van der Waals surface area contributed by atoms with Gasteiger partial charge in [-0.25, -0.2) is 9.97 Å². The molecule has 6 nitrogen and oxygen atoms in total. The summed E-state index contributed by atoms with van der Waals surface area (Å²) < 4.78 is 0. The van der Waals surface area contributed by atoms with E-state index in [-0.39, 0.29) is 11.7 Å². The molecule has 0 aliphatic heterocycles. The molecule has 0 spiro atoms. The van der Waals surface area contributed by atoms with Gasteiger partial charge in [-0.05, 0) is 31.9 Å². The molecule has 1 aliphatic carbocycles. The number of aromatic nitrogens is 2. The Bertz CT molecular complexity index is 757. The van der Waals surface area contributed by atoms with Crippen LogP contribution in [0.15, 0.2) is 30.3 Å². The number of hydrogen-bond acceptors (Lipinski definition) is 5. The summed E-state index contributed by atoms with van der Waals surface area (Å²) in [6.45, 7) is 2.39. The number of para-hydroxylation sites is 1. The van der Waals surface area contributed by atoms with Crippen LogP contribution in [0.4, 0.5) is 5.82 Å². The molecule has 1 aromatic heterocycles. The van der Waals surface area contributed by atoms with Crippen LogP contribution in [0, 0.1) is 6.92 Å². The minimum atomic E-state index is 0.0797. The highest BCUT2D eigenvalue weighted by atomic mass is 16.3. The molecule has 2 aromatic rings. The Morgan fingerprint density at radius 3 is 2.73 bits per heavy atom. The van der Waals surface area contributed by atoms with Gasteiger partial charge in [0.2, 0.25) is 5.91 Å². The van der Waals surface area contributed by atoms with Gasteiger partial charge in [0.15, 0.2) is 5.82 Å². The molecule has 0 unspecified atom stereocenters. The molecule has 1 amide bonds. The fourth-order valence-corrected chi connectivity index (χ4v) is 3.29. The van der Waals surface area contributed by atoms with Crippen LogP contribution >= 0.6 is 0 Å². The lowest BCUT2D eigenvalue weighted by atomic mass is 9.95. The average Bonchev–Trinajstić information content (AvgIpc) is 2.62. The maximum atomic E-state index is 12.1. The fraction of sp³-hybridized carbons (Fsp3) is 0.450. The summed E-state index contributed by atoms with van der Waals surface area (Å²) in [6, 6.07) is 9.17. The van der Waals surface area contributed by atoms with E-state index in [1.807, 2.05) is 19.1 Å². The third kappa shape index (κ3) is 4.94. The minimum absolute atomic E-state index is 0.0797.